The van der Waals surface area contributed by atoms with Crippen LogP contribution in [0.5, 0.6) is 17.2 Å². The fraction of sp³-hybridized carbons (Fsp3) is 0.481. The number of aliphatic hydroxyl groups is 4. The summed E-state index contributed by atoms with van der Waals surface area (Å²) in [5.74, 6) is -2.68. The molecule has 1 fully saturated rings. The molecule has 0 spiro atoms. The van der Waals surface area contributed by atoms with E-state index in [-0.39, 0.29) is 40.8 Å². The van der Waals surface area contributed by atoms with Gasteiger partial charge >= 0.3 is 0 Å². The summed E-state index contributed by atoms with van der Waals surface area (Å²) in [4.78, 5) is 27.2. The highest BCUT2D eigenvalue weighted by Crippen LogP contribution is 2.52. The summed E-state index contributed by atoms with van der Waals surface area (Å²) < 4.78 is 17.1. The molecule has 1 saturated heterocycles. The molecule has 0 amide bonds. The Morgan fingerprint density at radius 1 is 1.15 bits per heavy atom. The summed E-state index contributed by atoms with van der Waals surface area (Å²) in [5.41, 5.74) is 2.77. The van der Waals surface area contributed by atoms with Gasteiger partial charge in [0.2, 0.25) is 5.78 Å². The Labute approximate surface area is 223 Å². The second-order valence-corrected chi connectivity index (χ2v) is 10.3. The highest BCUT2D eigenvalue weighted by Gasteiger charge is 2.50. The number of aromatic hydroxyl groups is 2. The number of rotatable bonds is 5. The summed E-state index contributed by atoms with van der Waals surface area (Å²) in [6, 6.07) is 3.69. The van der Waals surface area contributed by atoms with Crippen molar-refractivity contribution in [1.82, 2.24) is 0 Å². The lowest BCUT2D eigenvalue weighted by atomic mass is 9.71. The number of ether oxygens (including phenoxy) is 3. The highest BCUT2D eigenvalue weighted by molar-refractivity contribution is 6.31. The monoisotopic (exact) mass is 545 g/mol. The van der Waals surface area contributed by atoms with Crippen LogP contribution in [0.25, 0.3) is 0 Å². The first kappa shape index (κ1) is 27.5. The van der Waals surface area contributed by atoms with Crippen molar-refractivity contribution in [3.8, 4) is 17.2 Å². The molecular formula is C27H31NO11. The molecule has 12 heteroatoms. The van der Waals surface area contributed by atoms with E-state index >= 15 is 0 Å². The van der Waals surface area contributed by atoms with Crippen molar-refractivity contribution in [1.29, 1.82) is 0 Å². The topological polar surface area (TPSA) is 209 Å². The molecule has 0 unspecified atom stereocenters. The largest absolute Gasteiger partial charge is 0.507 e. The van der Waals surface area contributed by atoms with E-state index < -0.39 is 89.6 Å². The smallest absolute Gasteiger partial charge is 0.202 e. The molecule has 5 rings (SSSR count). The number of fused-ring (bicyclic) bond motifs is 3. The van der Waals surface area contributed by atoms with Crippen LogP contribution in [0.2, 0.25) is 0 Å². The molecule has 0 aromatic heterocycles. The average molecular weight is 546 g/mol. The molecule has 3 aliphatic rings. The standard InChI is InChI=1S/C27H31NO11/c1-10-22(31)13(28)6-17(38-10)39-15-8-27(36,16(30)9-29)7-12-19(15)26(35)21-20(24(12)33)23(32)11-4-3-5-14(37-2)18(11)25(21)34/h3-5,10,13,15-17,22,29-31,33,35-36H,6-9,28H2,1-2H3/t10-,13-,15-,16+,17+,22+,27+/m0/s1. The Morgan fingerprint density at radius 3 is 2.49 bits per heavy atom. The fourth-order valence-electron chi connectivity index (χ4n) is 5.84. The quantitative estimate of drug-likeness (QED) is 0.208. The zero-order valence-corrected chi connectivity index (χ0v) is 21.3. The SMILES string of the molecule is COc1cccc2c1C(=O)c1c(O)c3c(c(O)c1C2=O)C[C@](O)([C@H](O)CO)C[C@@H]3O[C@@H]1C[C@H](N)[C@H](O)[C@H](C)O1. The van der Waals surface area contributed by atoms with E-state index in [4.69, 9.17) is 19.9 Å². The van der Waals surface area contributed by atoms with E-state index in [0.717, 1.165) is 0 Å². The van der Waals surface area contributed by atoms with Crippen LogP contribution in [0.1, 0.15) is 68.8 Å². The number of ketones is 2. The first-order chi connectivity index (χ1) is 18.4. The van der Waals surface area contributed by atoms with E-state index in [1.807, 2.05) is 0 Å². The first-order valence-corrected chi connectivity index (χ1v) is 12.6. The number of benzene rings is 2. The third-order valence-electron chi connectivity index (χ3n) is 7.97. The van der Waals surface area contributed by atoms with Gasteiger partial charge in [-0.05, 0) is 13.0 Å². The van der Waals surface area contributed by atoms with E-state index in [0.29, 0.717) is 0 Å². The van der Waals surface area contributed by atoms with Crippen LogP contribution in [0.15, 0.2) is 18.2 Å². The number of carbonyl (C=O) groups excluding carboxylic acids is 2. The van der Waals surface area contributed by atoms with E-state index in [9.17, 15) is 40.2 Å². The zero-order valence-electron chi connectivity index (χ0n) is 21.3. The average Bonchev–Trinajstić information content (AvgIpc) is 2.90. The van der Waals surface area contributed by atoms with Gasteiger partial charge in [-0.2, -0.15) is 0 Å². The van der Waals surface area contributed by atoms with Gasteiger partial charge in [0.1, 0.15) is 23.4 Å². The predicted octanol–water partition coefficient (Wildman–Crippen LogP) is -0.207. The number of nitrogens with two attached hydrogens (primary N) is 1. The van der Waals surface area contributed by atoms with Gasteiger partial charge in [0, 0.05) is 42.0 Å². The number of phenols is 2. The van der Waals surface area contributed by atoms with Crippen LogP contribution in [0.4, 0.5) is 0 Å². The van der Waals surface area contributed by atoms with Crippen molar-refractivity contribution in [2.24, 2.45) is 5.73 Å². The fourth-order valence-corrected chi connectivity index (χ4v) is 5.84. The molecule has 2 aromatic carbocycles. The van der Waals surface area contributed by atoms with Crippen LogP contribution in [0, 0.1) is 0 Å². The van der Waals surface area contributed by atoms with Gasteiger partial charge in [-0.3, -0.25) is 9.59 Å². The molecular weight excluding hydrogens is 514 g/mol. The maximum absolute atomic E-state index is 13.7. The summed E-state index contributed by atoms with van der Waals surface area (Å²) in [6.07, 6.45) is -6.45. The van der Waals surface area contributed by atoms with E-state index in [1.54, 1.807) is 6.92 Å². The lowest BCUT2D eigenvalue weighted by molar-refractivity contribution is -0.251. The minimum atomic E-state index is -2.05. The minimum Gasteiger partial charge on any atom is -0.507 e. The van der Waals surface area contributed by atoms with Crippen LogP contribution < -0.4 is 10.5 Å². The number of hydrogen-bond donors (Lipinski definition) is 7. The van der Waals surface area contributed by atoms with E-state index in [2.05, 4.69) is 0 Å². The van der Waals surface area contributed by atoms with Gasteiger partial charge in [0.05, 0.1) is 54.3 Å². The van der Waals surface area contributed by atoms with Crippen LogP contribution in [-0.4, -0.2) is 92.2 Å². The molecule has 7 atom stereocenters. The van der Waals surface area contributed by atoms with Crippen molar-refractivity contribution >= 4 is 11.6 Å². The molecule has 210 valence electrons. The Balaban J connectivity index is 1.68. The number of aliphatic hydroxyl groups excluding tert-OH is 3. The van der Waals surface area contributed by atoms with Crippen molar-refractivity contribution in [3.63, 3.8) is 0 Å². The molecule has 2 aliphatic carbocycles. The molecule has 8 N–H and O–H groups in total. The van der Waals surface area contributed by atoms with Gasteiger partial charge in [0.15, 0.2) is 12.1 Å². The molecule has 2 aromatic rings. The number of phenolic OH excluding ortho intramolecular Hbond substituents is 2. The van der Waals surface area contributed by atoms with Gasteiger partial charge in [-0.15, -0.1) is 0 Å². The molecule has 0 radical (unpaired) electrons. The van der Waals surface area contributed by atoms with Gasteiger partial charge in [-0.1, -0.05) is 12.1 Å². The summed E-state index contributed by atoms with van der Waals surface area (Å²) in [7, 11) is 1.33. The zero-order chi connectivity index (χ0) is 28.4. The maximum atomic E-state index is 13.7. The Hall–Kier alpha value is -3.10. The molecule has 1 heterocycles. The summed E-state index contributed by atoms with van der Waals surface area (Å²) in [6.45, 7) is 0.768. The van der Waals surface area contributed by atoms with E-state index in [1.165, 1.54) is 25.3 Å². The predicted molar refractivity (Wildman–Crippen MR) is 133 cm³/mol. The molecule has 12 nitrogen and oxygen atoms in total. The second kappa shape index (κ2) is 9.82. The lowest BCUT2D eigenvalue weighted by Gasteiger charge is -2.44. The normalized spacial score (nSPS) is 30.8. The van der Waals surface area contributed by atoms with Crippen LogP contribution in [-0.2, 0) is 15.9 Å². The van der Waals surface area contributed by atoms with Crippen LogP contribution in [0.3, 0.4) is 0 Å². The van der Waals surface area contributed by atoms with Crippen molar-refractivity contribution in [2.75, 3.05) is 13.7 Å². The van der Waals surface area contributed by atoms with Crippen molar-refractivity contribution < 1.29 is 54.4 Å². The number of methoxy groups -OCH3 is 1. The third-order valence-corrected chi connectivity index (χ3v) is 7.97. The molecule has 0 bridgehead atoms. The molecule has 39 heavy (non-hydrogen) atoms. The highest BCUT2D eigenvalue weighted by atomic mass is 16.7. The Bertz CT molecular complexity index is 1330. The molecule has 0 saturated carbocycles. The van der Waals surface area contributed by atoms with Gasteiger partial charge < -0.3 is 50.6 Å². The minimum absolute atomic E-state index is 0.0343. The molecule has 1 aliphatic heterocycles. The third kappa shape index (κ3) is 4.19. The number of carbonyl (C=O) groups is 2. The van der Waals surface area contributed by atoms with Crippen LogP contribution >= 0.6 is 0 Å². The summed E-state index contributed by atoms with van der Waals surface area (Å²) >= 11 is 0. The first-order valence-electron chi connectivity index (χ1n) is 12.6. The lowest BCUT2D eigenvalue weighted by Crippen LogP contribution is -2.53. The summed E-state index contributed by atoms with van der Waals surface area (Å²) in [5, 5.41) is 64.4. The van der Waals surface area contributed by atoms with Crippen molar-refractivity contribution in [2.45, 2.75) is 68.5 Å². The Kier molecular flexibility index (Phi) is 6.92. The van der Waals surface area contributed by atoms with Gasteiger partial charge in [-0.25, -0.2) is 0 Å². The second-order valence-electron chi connectivity index (χ2n) is 10.3. The van der Waals surface area contributed by atoms with Gasteiger partial charge in [0.25, 0.3) is 0 Å². The Morgan fingerprint density at radius 2 is 1.85 bits per heavy atom. The number of hydrogen-bond acceptors (Lipinski definition) is 12. The van der Waals surface area contributed by atoms with Crippen molar-refractivity contribution in [3.05, 3.63) is 51.6 Å². The maximum Gasteiger partial charge on any atom is 0.202 e.